The summed E-state index contributed by atoms with van der Waals surface area (Å²) in [4.78, 5) is 37.6. The number of aromatic nitrogens is 2. The van der Waals surface area contributed by atoms with Crippen LogP contribution in [0.2, 0.25) is 0 Å². The van der Waals surface area contributed by atoms with Crippen molar-refractivity contribution in [3.63, 3.8) is 0 Å². The van der Waals surface area contributed by atoms with Gasteiger partial charge in [-0.2, -0.15) is 5.10 Å². The molecule has 1 aliphatic carbocycles. The minimum Gasteiger partial charge on any atom is -0.338 e. The molecule has 0 atom stereocenters. The predicted molar refractivity (Wildman–Crippen MR) is 91.0 cm³/mol. The molecule has 1 aliphatic heterocycles. The summed E-state index contributed by atoms with van der Waals surface area (Å²) in [5.41, 5.74) is -0.0435. The summed E-state index contributed by atoms with van der Waals surface area (Å²) in [7, 11) is 0. The number of nitrogens with zero attached hydrogens (tertiary/aromatic N) is 3. The molecule has 25 heavy (non-hydrogen) atoms. The van der Waals surface area contributed by atoms with E-state index in [2.05, 4.69) is 21.0 Å². The molecule has 5 amide bonds. The minimum atomic E-state index is -0.665. The van der Waals surface area contributed by atoms with Crippen LogP contribution >= 0.6 is 0 Å². The molecule has 2 fully saturated rings. The molecular formula is C16H24N6O3. The van der Waals surface area contributed by atoms with Crippen molar-refractivity contribution in [2.75, 3.05) is 18.4 Å². The first-order valence-electron chi connectivity index (χ1n) is 8.75. The highest BCUT2D eigenvalue weighted by atomic mass is 16.2. The number of carbonyl (C=O) groups is 3. The second-order valence-electron chi connectivity index (χ2n) is 6.50. The highest BCUT2D eigenvalue weighted by molar-refractivity contribution is 6.07. The number of aryl methyl sites for hydroxylation is 1. The summed E-state index contributed by atoms with van der Waals surface area (Å²) in [5, 5.41) is 12.3. The largest absolute Gasteiger partial charge is 0.338 e. The molecular weight excluding hydrogens is 324 g/mol. The molecule has 1 saturated carbocycles. The third-order valence-electron chi connectivity index (χ3n) is 4.76. The standard InChI is InChI=1S/C16H24N6O3/c1-2-21-11-12(10-18-21)19-14(24)17-8-5-9-22-13(23)16(20-15(22)25)6-3-4-7-16/h10-11H,2-9H2,1H3,(H,20,25)(H2,17,19,24). The molecule has 1 aromatic heterocycles. The number of urea groups is 2. The Labute approximate surface area is 146 Å². The Morgan fingerprint density at radius 3 is 2.80 bits per heavy atom. The molecule has 9 nitrogen and oxygen atoms in total. The van der Waals surface area contributed by atoms with Crippen molar-refractivity contribution in [2.45, 2.75) is 51.1 Å². The van der Waals surface area contributed by atoms with E-state index in [4.69, 9.17) is 0 Å². The topological polar surface area (TPSA) is 108 Å². The number of hydrogen-bond donors (Lipinski definition) is 3. The summed E-state index contributed by atoms with van der Waals surface area (Å²) in [6, 6.07) is -0.650. The average Bonchev–Trinajstić information content (AvgIpc) is 3.28. The van der Waals surface area contributed by atoms with E-state index in [1.54, 1.807) is 17.1 Å². The van der Waals surface area contributed by atoms with Gasteiger partial charge >= 0.3 is 12.1 Å². The van der Waals surface area contributed by atoms with Crippen LogP contribution in [0.25, 0.3) is 0 Å². The van der Waals surface area contributed by atoms with Gasteiger partial charge in [-0.15, -0.1) is 0 Å². The van der Waals surface area contributed by atoms with Crippen molar-refractivity contribution in [2.24, 2.45) is 0 Å². The van der Waals surface area contributed by atoms with Crippen LogP contribution in [0.4, 0.5) is 15.3 Å². The van der Waals surface area contributed by atoms with E-state index < -0.39 is 5.54 Å². The van der Waals surface area contributed by atoms with Crippen LogP contribution in [-0.4, -0.2) is 51.3 Å². The molecule has 2 heterocycles. The fraction of sp³-hybridized carbons (Fsp3) is 0.625. The highest BCUT2D eigenvalue weighted by Gasteiger charge is 2.51. The maximum absolute atomic E-state index is 12.5. The number of hydrogen-bond acceptors (Lipinski definition) is 4. The van der Waals surface area contributed by atoms with Crippen LogP contribution < -0.4 is 16.0 Å². The van der Waals surface area contributed by atoms with Crippen molar-refractivity contribution < 1.29 is 14.4 Å². The van der Waals surface area contributed by atoms with E-state index in [0.29, 0.717) is 25.2 Å². The fourth-order valence-corrected chi connectivity index (χ4v) is 3.41. The second-order valence-corrected chi connectivity index (χ2v) is 6.50. The van der Waals surface area contributed by atoms with Gasteiger partial charge in [0.05, 0.1) is 11.9 Å². The monoisotopic (exact) mass is 348 g/mol. The number of rotatable bonds is 6. The Hall–Kier alpha value is -2.58. The average molecular weight is 348 g/mol. The number of nitrogens with one attached hydrogen (secondary N) is 3. The maximum Gasteiger partial charge on any atom is 0.325 e. The summed E-state index contributed by atoms with van der Waals surface area (Å²) in [6.07, 6.45) is 7.22. The van der Waals surface area contributed by atoms with Crippen LogP contribution in [0, 0.1) is 0 Å². The van der Waals surface area contributed by atoms with Gasteiger partial charge in [0.15, 0.2) is 0 Å². The second kappa shape index (κ2) is 7.12. The lowest BCUT2D eigenvalue weighted by molar-refractivity contribution is -0.131. The van der Waals surface area contributed by atoms with E-state index in [1.165, 1.54) is 4.90 Å². The zero-order valence-corrected chi connectivity index (χ0v) is 14.4. The molecule has 0 unspecified atom stereocenters. The van der Waals surface area contributed by atoms with Crippen molar-refractivity contribution in [3.8, 4) is 0 Å². The van der Waals surface area contributed by atoms with Crippen LogP contribution in [0.5, 0.6) is 0 Å². The SMILES string of the molecule is CCn1cc(NC(=O)NCCCN2C(=O)NC3(CCCC3)C2=O)cn1. The maximum atomic E-state index is 12.5. The van der Waals surface area contributed by atoms with Gasteiger partial charge in [0.25, 0.3) is 5.91 Å². The minimum absolute atomic E-state index is 0.119. The first kappa shape index (κ1) is 17.2. The summed E-state index contributed by atoms with van der Waals surface area (Å²) >= 11 is 0. The molecule has 3 rings (SSSR count). The van der Waals surface area contributed by atoms with Gasteiger partial charge in [-0.1, -0.05) is 12.8 Å². The molecule has 9 heteroatoms. The molecule has 0 aromatic carbocycles. The van der Waals surface area contributed by atoms with Gasteiger partial charge in [-0.3, -0.25) is 14.4 Å². The Morgan fingerprint density at radius 1 is 1.36 bits per heavy atom. The number of imide groups is 1. The lowest BCUT2D eigenvalue weighted by Crippen LogP contribution is -2.44. The van der Waals surface area contributed by atoms with E-state index in [9.17, 15) is 14.4 Å². The van der Waals surface area contributed by atoms with Gasteiger partial charge in [0.1, 0.15) is 5.54 Å². The zero-order chi connectivity index (χ0) is 17.9. The number of anilines is 1. The quantitative estimate of drug-likeness (QED) is 0.531. The van der Waals surface area contributed by atoms with Crippen molar-refractivity contribution in [3.05, 3.63) is 12.4 Å². The lowest BCUT2D eigenvalue weighted by atomic mass is 9.98. The fourth-order valence-electron chi connectivity index (χ4n) is 3.41. The van der Waals surface area contributed by atoms with Gasteiger partial charge in [0.2, 0.25) is 0 Å². The molecule has 0 radical (unpaired) electrons. The van der Waals surface area contributed by atoms with Crippen molar-refractivity contribution in [1.82, 2.24) is 25.3 Å². The van der Waals surface area contributed by atoms with E-state index in [1.807, 2.05) is 6.92 Å². The van der Waals surface area contributed by atoms with Crippen molar-refractivity contribution in [1.29, 1.82) is 0 Å². The zero-order valence-electron chi connectivity index (χ0n) is 14.4. The van der Waals surface area contributed by atoms with Gasteiger partial charge in [0, 0.05) is 25.8 Å². The summed E-state index contributed by atoms with van der Waals surface area (Å²) in [5.74, 6) is -0.119. The van der Waals surface area contributed by atoms with Crippen LogP contribution in [0.1, 0.15) is 39.0 Å². The Balaban J connectivity index is 1.40. The normalized spacial score (nSPS) is 18.7. The van der Waals surface area contributed by atoms with Crippen LogP contribution in [0.15, 0.2) is 12.4 Å². The highest BCUT2D eigenvalue weighted by Crippen LogP contribution is 2.34. The molecule has 2 aliphatic rings. The van der Waals surface area contributed by atoms with Crippen molar-refractivity contribution >= 4 is 23.7 Å². The third-order valence-corrected chi connectivity index (χ3v) is 4.76. The van der Waals surface area contributed by atoms with Gasteiger partial charge in [-0.05, 0) is 26.2 Å². The summed E-state index contributed by atoms with van der Waals surface area (Å²) < 4.78 is 1.71. The lowest BCUT2D eigenvalue weighted by Gasteiger charge is -2.20. The molecule has 3 N–H and O–H groups in total. The van der Waals surface area contributed by atoms with Crippen LogP contribution in [0.3, 0.4) is 0 Å². The first-order chi connectivity index (χ1) is 12.0. The smallest absolute Gasteiger partial charge is 0.325 e. The third kappa shape index (κ3) is 3.59. The van der Waals surface area contributed by atoms with Gasteiger partial charge in [-0.25, -0.2) is 9.59 Å². The summed E-state index contributed by atoms with van der Waals surface area (Å²) in [6.45, 7) is 3.37. The van der Waals surface area contributed by atoms with E-state index >= 15 is 0 Å². The Bertz CT molecular complexity index is 665. The molecule has 1 aromatic rings. The van der Waals surface area contributed by atoms with Crippen LogP contribution in [-0.2, 0) is 11.3 Å². The number of carbonyl (C=O) groups excluding carboxylic acids is 3. The molecule has 1 spiro atoms. The Morgan fingerprint density at radius 2 is 2.12 bits per heavy atom. The van der Waals surface area contributed by atoms with E-state index in [0.717, 1.165) is 32.2 Å². The van der Waals surface area contributed by atoms with Gasteiger partial charge < -0.3 is 16.0 Å². The number of amides is 5. The molecule has 136 valence electrons. The van der Waals surface area contributed by atoms with E-state index in [-0.39, 0.29) is 18.0 Å². The predicted octanol–water partition coefficient (Wildman–Crippen LogP) is 1.28. The molecule has 1 saturated heterocycles. The Kier molecular flexibility index (Phi) is 4.91. The molecule has 0 bridgehead atoms. The first-order valence-corrected chi connectivity index (χ1v) is 8.75.